The minimum absolute atomic E-state index is 0.0128. The first-order valence-corrected chi connectivity index (χ1v) is 8.93. The maximum atomic E-state index is 12.4. The van der Waals surface area contributed by atoms with E-state index in [4.69, 9.17) is 0 Å². The first-order chi connectivity index (χ1) is 9.22. The number of rotatable bonds is 5. The van der Waals surface area contributed by atoms with Crippen molar-refractivity contribution in [1.29, 1.82) is 0 Å². The van der Waals surface area contributed by atoms with Gasteiger partial charge in [-0.15, -0.1) is 0 Å². The smallest absolute Gasteiger partial charge is 0.239 e. The summed E-state index contributed by atoms with van der Waals surface area (Å²) in [5.41, 5.74) is 0. The van der Waals surface area contributed by atoms with Crippen LogP contribution < -0.4 is 5.32 Å². The van der Waals surface area contributed by atoms with Crippen molar-refractivity contribution in [3.8, 4) is 0 Å². The highest BCUT2D eigenvalue weighted by Crippen LogP contribution is 2.30. The molecule has 3 atom stereocenters. The summed E-state index contributed by atoms with van der Waals surface area (Å²) in [7, 11) is 0. The van der Waals surface area contributed by atoms with Gasteiger partial charge < -0.3 is 10.2 Å². The molecule has 110 valence electrons. The van der Waals surface area contributed by atoms with Gasteiger partial charge >= 0.3 is 0 Å². The average Bonchev–Trinajstić information content (AvgIpc) is 2.86. The predicted molar refractivity (Wildman–Crippen MR) is 82.6 cm³/mol. The zero-order valence-corrected chi connectivity index (χ0v) is 13.2. The van der Waals surface area contributed by atoms with Crippen molar-refractivity contribution < 1.29 is 4.79 Å². The van der Waals surface area contributed by atoms with Crippen LogP contribution in [0.25, 0.3) is 0 Å². The van der Waals surface area contributed by atoms with E-state index in [1.807, 2.05) is 18.7 Å². The van der Waals surface area contributed by atoms with Gasteiger partial charge in [-0.05, 0) is 44.8 Å². The lowest BCUT2D eigenvalue weighted by atomic mass is 10.1. The van der Waals surface area contributed by atoms with Gasteiger partial charge in [0, 0.05) is 24.4 Å². The molecule has 1 saturated heterocycles. The second-order valence-electron chi connectivity index (χ2n) is 5.81. The third-order valence-electron chi connectivity index (χ3n) is 4.34. The Labute approximate surface area is 121 Å². The van der Waals surface area contributed by atoms with E-state index in [0.717, 1.165) is 13.1 Å². The zero-order chi connectivity index (χ0) is 13.7. The van der Waals surface area contributed by atoms with Gasteiger partial charge in [0.15, 0.2) is 0 Å². The molecule has 0 aromatic heterocycles. The average molecular weight is 284 g/mol. The molecule has 2 fully saturated rings. The first-order valence-electron chi connectivity index (χ1n) is 7.88. The third kappa shape index (κ3) is 4.12. The summed E-state index contributed by atoms with van der Waals surface area (Å²) in [5.74, 6) is 1.49. The topological polar surface area (TPSA) is 32.3 Å². The molecular formula is C15H28N2OS. The highest BCUT2D eigenvalue weighted by Gasteiger charge is 2.31. The molecule has 1 aliphatic carbocycles. The lowest BCUT2D eigenvalue weighted by Gasteiger charge is -2.31. The fourth-order valence-corrected chi connectivity index (χ4v) is 4.52. The van der Waals surface area contributed by atoms with Crippen LogP contribution in [0.1, 0.15) is 52.4 Å². The van der Waals surface area contributed by atoms with Crippen LogP contribution in [0.15, 0.2) is 0 Å². The van der Waals surface area contributed by atoms with Crippen LogP contribution in [0.5, 0.6) is 0 Å². The quantitative estimate of drug-likeness (QED) is 0.842. The molecule has 19 heavy (non-hydrogen) atoms. The molecule has 1 saturated carbocycles. The number of amides is 1. The number of likely N-dealkylation sites (tertiary alicyclic amines) is 1. The number of nitrogens with zero attached hydrogens (tertiary/aromatic N) is 1. The molecule has 2 rings (SSSR count). The number of nitrogens with one attached hydrogen (secondary N) is 1. The minimum atomic E-state index is -0.0128. The van der Waals surface area contributed by atoms with Crippen molar-refractivity contribution in [2.24, 2.45) is 0 Å². The number of hydrogen-bond acceptors (Lipinski definition) is 3. The van der Waals surface area contributed by atoms with Crippen LogP contribution in [0.2, 0.25) is 0 Å². The molecule has 0 bridgehead atoms. The summed E-state index contributed by atoms with van der Waals surface area (Å²) in [6, 6.07) is 0.523. The Balaban J connectivity index is 1.82. The number of carbonyl (C=O) groups is 1. The summed E-state index contributed by atoms with van der Waals surface area (Å²) in [6.45, 7) is 6.19. The number of piperidine rings is 1. The van der Waals surface area contributed by atoms with Crippen molar-refractivity contribution in [1.82, 2.24) is 10.2 Å². The predicted octanol–water partition coefficient (Wildman–Crippen LogP) is 2.65. The number of thioether (sulfide) groups is 1. The second kappa shape index (κ2) is 7.53. The fraction of sp³-hybridized carbons (Fsp3) is 0.933. The molecule has 0 spiro atoms. The standard InChI is InChI=1S/C15H28N2OS/c1-3-19-14-9-7-8-13(14)16-12(2)15(18)17-10-5-4-6-11-17/h12-14,16H,3-11H2,1-2H3. The molecule has 0 radical (unpaired) electrons. The van der Waals surface area contributed by atoms with Crippen LogP contribution in [0, 0.1) is 0 Å². The van der Waals surface area contributed by atoms with Crippen LogP contribution in [0.4, 0.5) is 0 Å². The van der Waals surface area contributed by atoms with E-state index in [9.17, 15) is 4.79 Å². The Morgan fingerprint density at radius 2 is 2.00 bits per heavy atom. The van der Waals surface area contributed by atoms with E-state index in [2.05, 4.69) is 17.1 Å². The molecule has 1 aliphatic heterocycles. The fourth-order valence-electron chi connectivity index (χ4n) is 3.31. The van der Waals surface area contributed by atoms with Crippen molar-refractivity contribution >= 4 is 17.7 Å². The van der Waals surface area contributed by atoms with Crippen molar-refractivity contribution in [3.05, 3.63) is 0 Å². The maximum absolute atomic E-state index is 12.4. The Hall–Kier alpha value is -0.220. The molecule has 1 N–H and O–H groups in total. The largest absolute Gasteiger partial charge is 0.341 e. The molecule has 3 unspecified atom stereocenters. The molecule has 4 heteroatoms. The van der Waals surface area contributed by atoms with Gasteiger partial charge in [0.1, 0.15) is 0 Å². The summed E-state index contributed by atoms with van der Waals surface area (Å²) < 4.78 is 0. The van der Waals surface area contributed by atoms with E-state index < -0.39 is 0 Å². The second-order valence-corrected chi connectivity index (χ2v) is 7.32. The van der Waals surface area contributed by atoms with Gasteiger partial charge in [0.25, 0.3) is 0 Å². The van der Waals surface area contributed by atoms with Crippen molar-refractivity contribution in [3.63, 3.8) is 0 Å². The maximum Gasteiger partial charge on any atom is 0.239 e. The monoisotopic (exact) mass is 284 g/mol. The van der Waals surface area contributed by atoms with E-state index in [0.29, 0.717) is 17.2 Å². The van der Waals surface area contributed by atoms with Gasteiger partial charge in [0.05, 0.1) is 6.04 Å². The van der Waals surface area contributed by atoms with Crippen molar-refractivity contribution in [2.45, 2.75) is 69.7 Å². The lowest BCUT2D eigenvalue weighted by Crippen LogP contribution is -2.51. The zero-order valence-electron chi connectivity index (χ0n) is 12.4. The van der Waals surface area contributed by atoms with Gasteiger partial charge in [-0.25, -0.2) is 0 Å². The molecular weight excluding hydrogens is 256 g/mol. The van der Waals surface area contributed by atoms with Gasteiger partial charge in [-0.3, -0.25) is 4.79 Å². The molecule has 0 aromatic rings. The van der Waals surface area contributed by atoms with E-state index >= 15 is 0 Å². The third-order valence-corrected chi connectivity index (χ3v) is 5.66. The molecule has 2 aliphatic rings. The first kappa shape index (κ1) is 15.2. The van der Waals surface area contributed by atoms with Crippen LogP contribution in [-0.4, -0.2) is 47.0 Å². The Morgan fingerprint density at radius 1 is 1.26 bits per heavy atom. The highest BCUT2D eigenvalue weighted by atomic mass is 32.2. The summed E-state index contributed by atoms with van der Waals surface area (Å²) >= 11 is 2.05. The summed E-state index contributed by atoms with van der Waals surface area (Å²) in [5, 5.41) is 4.31. The molecule has 1 amide bonds. The van der Waals surface area contributed by atoms with Crippen molar-refractivity contribution in [2.75, 3.05) is 18.8 Å². The van der Waals surface area contributed by atoms with Crippen LogP contribution >= 0.6 is 11.8 Å². The van der Waals surface area contributed by atoms with Crippen LogP contribution in [0.3, 0.4) is 0 Å². The molecule has 3 nitrogen and oxygen atoms in total. The van der Waals surface area contributed by atoms with E-state index in [1.165, 1.54) is 44.3 Å². The minimum Gasteiger partial charge on any atom is -0.341 e. The molecule has 0 aromatic carbocycles. The Kier molecular flexibility index (Phi) is 6.02. The van der Waals surface area contributed by atoms with E-state index in [-0.39, 0.29) is 6.04 Å². The Morgan fingerprint density at radius 3 is 2.68 bits per heavy atom. The van der Waals surface area contributed by atoms with E-state index in [1.54, 1.807) is 0 Å². The number of hydrogen-bond donors (Lipinski definition) is 1. The highest BCUT2D eigenvalue weighted by molar-refractivity contribution is 7.99. The lowest BCUT2D eigenvalue weighted by molar-refractivity contribution is -0.134. The van der Waals surface area contributed by atoms with Gasteiger partial charge in [-0.2, -0.15) is 11.8 Å². The Bertz CT molecular complexity index is 292. The SMILES string of the molecule is CCSC1CCCC1NC(C)C(=O)N1CCCCC1. The van der Waals surface area contributed by atoms with Gasteiger partial charge in [-0.1, -0.05) is 13.3 Å². The normalized spacial score (nSPS) is 29.5. The molecule has 1 heterocycles. The van der Waals surface area contributed by atoms with Crippen LogP contribution in [-0.2, 0) is 4.79 Å². The summed E-state index contributed by atoms with van der Waals surface area (Å²) in [4.78, 5) is 14.5. The summed E-state index contributed by atoms with van der Waals surface area (Å²) in [6.07, 6.45) is 7.48. The van der Waals surface area contributed by atoms with Gasteiger partial charge in [0.2, 0.25) is 5.91 Å². The number of carbonyl (C=O) groups excluding carboxylic acids is 1.